The van der Waals surface area contributed by atoms with Crippen molar-refractivity contribution in [3.05, 3.63) is 0 Å². The van der Waals surface area contributed by atoms with Crippen molar-refractivity contribution >= 4 is 0 Å². The first kappa shape index (κ1) is 16.2. The predicted molar refractivity (Wildman–Crippen MR) is 60.4 cm³/mol. The lowest BCUT2D eigenvalue weighted by molar-refractivity contribution is -0.157. The van der Waals surface area contributed by atoms with E-state index in [1.54, 1.807) is 0 Å². The Labute approximate surface area is 101 Å². The molecule has 0 saturated carbocycles. The minimum absolute atomic E-state index is 0.130. The first-order valence-electron chi connectivity index (χ1n) is 5.40. The topological polar surface area (TPSA) is 39.1 Å². The summed E-state index contributed by atoms with van der Waals surface area (Å²) in [6, 6.07) is 1.27. The molecular formula is C11H20F3N3. The zero-order chi connectivity index (χ0) is 13.7. The molecule has 0 radical (unpaired) electrons. The van der Waals surface area contributed by atoms with Gasteiger partial charge in [-0.25, -0.2) is 0 Å². The van der Waals surface area contributed by atoms with Gasteiger partial charge in [-0.15, -0.1) is 0 Å². The van der Waals surface area contributed by atoms with Crippen LogP contribution in [0.1, 0.15) is 13.8 Å². The van der Waals surface area contributed by atoms with Crippen molar-refractivity contribution in [1.82, 2.24) is 10.2 Å². The molecule has 0 aliphatic rings. The molecule has 0 rings (SSSR count). The first-order chi connectivity index (χ1) is 7.58. The van der Waals surface area contributed by atoms with E-state index in [1.165, 1.54) is 6.07 Å². The predicted octanol–water partition coefficient (Wildman–Crippen LogP) is 1.87. The van der Waals surface area contributed by atoms with E-state index in [1.807, 2.05) is 32.8 Å². The van der Waals surface area contributed by atoms with Crippen LogP contribution in [0.15, 0.2) is 0 Å². The van der Waals surface area contributed by atoms with Gasteiger partial charge in [-0.05, 0) is 19.5 Å². The number of halogens is 3. The van der Waals surface area contributed by atoms with E-state index >= 15 is 0 Å². The molecule has 6 heteroatoms. The fourth-order valence-electron chi connectivity index (χ4n) is 1.70. The maximum Gasteiger partial charge on any atom is 0.405 e. The summed E-state index contributed by atoms with van der Waals surface area (Å²) in [6.07, 6.45) is -4.45. The SMILES string of the molecule is CN(C)CC(C)(C)CNCC(C#N)C(F)(F)F. The Morgan fingerprint density at radius 1 is 1.29 bits per heavy atom. The second-order valence-corrected chi connectivity index (χ2v) is 5.26. The van der Waals surface area contributed by atoms with Crippen LogP contribution in [0, 0.1) is 22.7 Å². The Hall–Kier alpha value is -0.800. The molecule has 0 amide bonds. The summed E-state index contributed by atoms with van der Waals surface area (Å²) in [6.45, 7) is 4.80. The van der Waals surface area contributed by atoms with Gasteiger partial charge < -0.3 is 10.2 Å². The average Bonchev–Trinajstić information content (AvgIpc) is 2.07. The summed E-state index contributed by atoms with van der Waals surface area (Å²) in [4.78, 5) is 1.98. The highest BCUT2D eigenvalue weighted by Gasteiger charge is 2.39. The van der Waals surface area contributed by atoms with Crippen molar-refractivity contribution < 1.29 is 13.2 Å². The van der Waals surface area contributed by atoms with Crippen molar-refractivity contribution in [3.8, 4) is 6.07 Å². The van der Waals surface area contributed by atoms with Gasteiger partial charge in [-0.1, -0.05) is 13.8 Å². The van der Waals surface area contributed by atoms with Gasteiger partial charge in [-0.3, -0.25) is 0 Å². The van der Waals surface area contributed by atoms with E-state index in [0.29, 0.717) is 6.54 Å². The van der Waals surface area contributed by atoms with Gasteiger partial charge in [0.1, 0.15) is 0 Å². The number of alkyl halides is 3. The highest BCUT2D eigenvalue weighted by Crippen LogP contribution is 2.25. The van der Waals surface area contributed by atoms with Gasteiger partial charge in [0.05, 0.1) is 6.07 Å². The highest BCUT2D eigenvalue weighted by atomic mass is 19.4. The Morgan fingerprint density at radius 2 is 1.82 bits per heavy atom. The summed E-state index contributed by atoms with van der Waals surface area (Å²) in [5.41, 5.74) is -0.130. The van der Waals surface area contributed by atoms with Gasteiger partial charge in [0.2, 0.25) is 0 Å². The van der Waals surface area contributed by atoms with Crippen LogP contribution in [0.25, 0.3) is 0 Å². The first-order valence-corrected chi connectivity index (χ1v) is 5.40. The second kappa shape index (κ2) is 6.22. The fraction of sp³-hybridized carbons (Fsp3) is 0.909. The summed E-state index contributed by atoms with van der Waals surface area (Å²) in [7, 11) is 3.82. The number of nitrogens with one attached hydrogen (secondary N) is 1. The van der Waals surface area contributed by atoms with Gasteiger partial charge in [0.25, 0.3) is 0 Å². The van der Waals surface area contributed by atoms with Crippen LogP contribution in [0.4, 0.5) is 13.2 Å². The van der Waals surface area contributed by atoms with E-state index in [-0.39, 0.29) is 12.0 Å². The van der Waals surface area contributed by atoms with E-state index in [2.05, 4.69) is 5.32 Å². The lowest BCUT2D eigenvalue weighted by Crippen LogP contribution is -2.41. The zero-order valence-electron chi connectivity index (χ0n) is 10.7. The molecule has 0 saturated heterocycles. The molecule has 1 N–H and O–H groups in total. The molecule has 1 unspecified atom stereocenters. The molecule has 0 spiro atoms. The van der Waals surface area contributed by atoms with E-state index in [0.717, 1.165) is 6.54 Å². The summed E-state index contributed by atoms with van der Waals surface area (Å²) < 4.78 is 36.8. The molecule has 0 bridgehead atoms. The molecule has 0 fully saturated rings. The quantitative estimate of drug-likeness (QED) is 0.783. The Morgan fingerprint density at radius 3 is 2.18 bits per heavy atom. The third-order valence-electron chi connectivity index (χ3n) is 2.25. The maximum atomic E-state index is 12.3. The lowest BCUT2D eigenvalue weighted by Gasteiger charge is -2.29. The molecule has 0 aromatic carbocycles. The Balaban J connectivity index is 4.10. The molecular weight excluding hydrogens is 231 g/mol. The van der Waals surface area contributed by atoms with E-state index in [9.17, 15) is 13.2 Å². The third-order valence-corrected chi connectivity index (χ3v) is 2.25. The standard InChI is InChI=1S/C11H20F3N3/c1-10(2,8-17(3)4)7-16-6-9(5-15)11(12,13)14/h9,16H,6-8H2,1-4H3. The Bertz CT molecular complexity index is 266. The molecule has 0 aliphatic heterocycles. The van der Waals surface area contributed by atoms with Crippen molar-refractivity contribution in [2.24, 2.45) is 11.3 Å². The molecule has 0 aliphatic carbocycles. The maximum absolute atomic E-state index is 12.3. The Kier molecular flexibility index (Phi) is 5.93. The summed E-state index contributed by atoms with van der Waals surface area (Å²) >= 11 is 0. The normalized spacial score (nSPS) is 14.8. The van der Waals surface area contributed by atoms with Crippen LogP contribution in [-0.2, 0) is 0 Å². The number of rotatable bonds is 6. The number of hydrogen-bond acceptors (Lipinski definition) is 3. The number of nitriles is 1. The summed E-state index contributed by atoms with van der Waals surface area (Å²) in [5, 5.41) is 11.1. The van der Waals surface area contributed by atoms with Crippen molar-refractivity contribution in [2.75, 3.05) is 33.7 Å². The smallest absolute Gasteiger partial charge is 0.314 e. The van der Waals surface area contributed by atoms with Crippen molar-refractivity contribution in [1.29, 1.82) is 5.26 Å². The van der Waals surface area contributed by atoms with Crippen LogP contribution in [0.5, 0.6) is 0 Å². The average molecular weight is 251 g/mol. The van der Waals surface area contributed by atoms with Gasteiger partial charge in [0.15, 0.2) is 5.92 Å². The number of nitrogens with zero attached hydrogens (tertiary/aromatic N) is 2. The molecule has 0 heterocycles. The van der Waals surface area contributed by atoms with Crippen LogP contribution in [0.3, 0.4) is 0 Å². The van der Waals surface area contributed by atoms with Crippen LogP contribution >= 0.6 is 0 Å². The van der Waals surface area contributed by atoms with Crippen LogP contribution in [-0.4, -0.2) is 44.8 Å². The third kappa shape index (κ3) is 7.18. The molecule has 0 aromatic heterocycles. The van der Waals surface area contributed by atoms with Crippen LogP contribution in [0.2, 0.25) is 0 Å². The minimum Gasteiger partial charge on any atom is -0.314 e. The zero-order valence-corrected chi connectivity index (χ0v) is 10.7. The molecule has 0 aromatic rings. The molecule has 100 valence electrons. The molecule has 17 heavy (non-hydrogen) atoms. The van der Waals surface area contributed by atoms with Crippen LogP contribution < -0.4 is 5.32 Å². The fourth-order valence-corrected chi connectivity index (χ4v) is 1.70. The minimum atomic E-state index is -4.45. The largest absolute Gasteiger partial charge is 0.405 e. The summed E-state index contributed by atoms with van der Waals surface area (Å²) in [5.74, 6) is -1.93. The van der Waals surface area contributed by atoms with Crippen molar-refractivity contribution in [2.45, 2.75) is 20.0 Å². The second-order valence-electron chi connectivity index (χ2n) is 5.26. The molecule has 3 nitrogen and oxygen atoms in total. The monoisotopic (exact) mass is 251 g/mol. The van der Waals surface area contributed by atoms with Gasteiger partial charge in [0, 0.05) is 19.6 Å². The number of hydrogen-bond donors (Lipinski definition) is 1. The highest BCUT2D eigenvalue weighted by molar-refractivity contribution is 4.90. The van der Waals surface area contributed by atoms with E-state index < -0.39 is 12.1 Å². The molecule has 1 atom stereocenters. The van der Waals surface area contributed by atoms with Gasteiger partial charge >= 0.3 is 6.18 Å². The van der Waals surface area contributed by atoms with Crippen molar-refractivity contribution in [3.63, 3.8) is 0 Å². The van der Waals surface area contributed by atoms with E-state index in [4.69, 9.17) is 5.26 Å². The van der Waals surface area contributed by atoms with Gasteiger partial charge in [-0.2, -0.15) is 18.4 Å². The lowest BCUT2D eigenvalue weighted by atomic mass is 9.92.